The fourth-order valence-corrected chi connectivity index (χ4v) is 4.15. The molecule has 2 aliphatic rings. The van der Waals surface area contributed by atoms with E-state index in [1.807, 2.05) is 29.2 Å². The van der Waals surface area contributed by atoms with Crippen molar-refractivity contribution in [3.63, 3.8) is 0 Å². The average Bonchev–Trinajstić information content (AvgIpc) is 2.93. The summed E-state index contributed by atoms with van der Waals surface area (Å²) in [6, 6.07) is 7.39. The van der Waals surface area contributed by atoms with Crippen LogP contribution in [0.2, 0.25) is 0 Å². The van der Waals surface area contributed by atoms with Gasteiger partial charge < -0.3 is 15.0 Å². The Bertz CT molecular complexity index is 614. The zero-order valence-electron chi connectivity index (χ0n) is 13.2. The Balaban J connectivity index is 1.84. The van der Waals surface area contributed by atoms with Crippen LogP contribution in [0.1, 0.15) is 23.2 Å². The number of likely N-dealkylation sites (tertiary alicyclic amines) is 1. The summed E-state index contributed by atoms with van der Waals surface area (Å²) in [6.07, 6.45) is 1.65. The van der Waals surface area contributed by atoms with Crippen LogP contribution in [0.25, 0.3) is 0 Å². The second-order valence-corrected chi connectivity index (χ2v) is 7.25. The smallest absolute Gasteiger partial charge is 0.253 e. The third kappa shape index (κ3) is 3.15. The van der Waals surface area contributed by atoms with Crippen LogP contribution in [-0.4, -0.2) is 50.1 Å². The molecule has 2 amide bonds. The van der Waals surface area contributed by atoms with E-state index in [0.717, 1.165) is 17.3 Å². The van der Waals surface area contributed by atoms with Crippen molar-refractivity contribution in [3.05, 3.63) is 34.3 Å². The number of amides is 2. The van der Waals surface area contributed by atoms with E-state index in [9.17, 15) is 9.59 Å². The van der Waals surface area contributed by atoms with Gasteiger partial charge in [0.15, 0.2) is 0 Å². The van der Waals surface area contributed by atoms with Crippen molar-refractivity contribution in [2.45, 2.75) is 12.8 Å². The maximum absolute atomic E-state index is 12.8. The molecule has 1 aromatic rings. The number of hydrogen-bond acceptors (Lipinski definition) is 3. The molecule has 0 bridgehead atoms. The number of nitrogens with one attached hydrogen (secondary N) is 1. The highest BCUT2D eigenvalue weighted by Crippen LogP contribution is 2.44. The maximum atomic E-state index is 12.8. The molecule has 23 heavy (non-hydrogen) atoms. The SMILES string of the molecule is CNC(=O)C1CN(C(=O)c2cccc(Br)c2)CC12CCOCC2. The van der Waals surface area contributed by atoms with Crippen LogP contribution >= 0.6 is 15.9 Å². The van der Waals surface area contributed by atoms with Crippen LogP contribution in [0, 0.1) is 11.3 Å². The van der Waals surface area contributed by atoms with E-state index in [1.54, 1.807) is 7.05 Å². The summed E-state index contributed by atoms with van der Waals surface area (Å²) >= 11 is 3.40. The molecule has 1 unspecified atom stereocenters. The minimum absolute atomic E-state index is 0.0106. The minimum atomic E-state index is -0.160. The van der Waals surface area contributed by atoms with E-state index in [4.69, 9.17) is 4.74 Å². The lowest BCUT2D eigenvalue weighted by Gasteiger charge is -2.36. The first-order chi connectivity index (χ1) is 11.1. The second-order valence-electron chi connectivity index (χ2n) is 6.34. The van der Waals surface area contributed by atoms with Gasteiger partial charge in [-0.2, -0.15) is 0 Å². The largest absolute Gasteiger partial charge is 0.381 e. The molecule has 1 spiro atoms. The topological polar surface area (TPSA) is 58.6 Å². The van der Waals surface area contributed by atoms with E-state index in [2.05, 4.69) is 21.2 Å². The number of carbonyl (C=O) groups is 2. The quantitative estimate of drug-likeness (QED) is 0.854. The van der Waals surface area contributed by atoms with Crippen molar-refractivity contribution in [3.8, 4) is 0 Å². The number of benzene rings is 1. The average molecular weight is 381 g/mol. The summed E-state index contributed by atoms with van der Waals surface area (Å²) in [4.78, 5) is 27.0. The van der Waals surface area contributed by atoms with Gasteiger partial charge in [-0.1, -0.05) is 22.0 Å². The van der Waals surface area contributed by atoms with E-state index in [1.165, 1.54) is 0 Å². The van der Waals surface area contributed by atoms with Crippen LogP contribution in [0.15, 0.2) is 28.7 Å². The molecule has 2 aliphatic heterocycles. The molecule has 2 saturated heterocycles. The molecule has 2 fully saturated rings. The molecular formula is C17H21BrN2O3. The normalized spacial score (nSPS) is 23.0. The molecule has 124 valence electrons. The molecule has 3 rings (SSSR count). The van der Waals surface area contributed by atoms with Gasteiger partial charge >= 0.3 is 0 Å². The van der Waals surface area contributed by atoms with Crippen LogP contribution < -0.4 is 5.32 Å². The van der Waals surface area contributed by atoms with E-state index < -0.39 is 0 Å². The Morgan fingerprint density at radius 3 is 2.74 bits per heavy atom. The molecule has 5 nitrogen and oxygen atoms in total. The molecule has 1 aromatic carbocycles. The minimum Gasteiger partial charge on any atom is -0.381 e. The van der Waals surface area contributed by atoms with Gasteiger partial charge in [0.2, 0.25) is 5.91 Å². The first-order valence-electron chi connectivity index (χ1n) is 7.90. The molecule has 0 radical (unpaired) electrons. The lowest BCUT2D eigenvalue weighted by molar-refractivity contribution is -0.129. The summed E-state index contributed by atoms with van der Waals surface area (Å²) < 4.78 is 6.35. The fourth-order valence-electron chi connectivity index (χ4n) is 3.75. The number of carbonyl (C=O) groups excluding carboxylic acids is 2. The lowest BCUT2D eigenvalue weighted by Crippen LogP contribution is -2.43. The van der Waals surface area contributed by atoms with Crippen molar-refractivity contribution in [2.24, 2.45) is 11.3 Å². The lowest BCUT2D eigenvalue weighted by atomic mass is 9.72. The van der Waals surface area contributed by atoms with Gasteiger partial charge in [-0.3, -0.25) is 9.59 Å². The van der Waals surface area contributed by atoms with Gasteiger partial charge in [-0.25, -0.2) is 0 Å². The van der Waals surface area contributed by atoms with Gasteiger partial charge in [0.05, 0.1) is 5.92 Å². The molecule has 0 aromatic heterocycles. The Labute approximate surface area is 144 Å². The van der Waals surface area contributed by atoms with Crippen molar-refractivity contribution < 1.29 is 14.3 Å². The monoisotopic (exact) mass is 380 g/mol. The number of nitrogens with zero attached hydrogens (tertiary/aromatic N) is 1. The summed E-state index contributed by atoms with van der Waals surface area (Å²) in [5, 5.41) is 2.76. The highest BCUT2D eigenvalue weighted by atomic mass is 79.9. The summed E-state index contributed by atoms with van der Waals surface area (Å²) in [5.74, 6) is -0.146. The Morgan fingerprint density at radius 1 is 1.35 bits per heavy atom. The predicted octanol–water partition coefficient (Wildman–Crippen LogP) is 2.06. The van der Waals surface area contributed by atoms with Gasteiger partial charge in [-0.05, 0) is 31.0 Å². The molecule has 1 N–H and O–H groups in total. The zero-order valence-corrected chi connectivity index (χ0v) is 14.8. The number of halogens is 1. The first-order valence-corrected chi connectivity index (χ1v) is 8.69. The predicted molar refractivity (Wildman–Crippen MR) is 90.1 cm³/mol. The van der Waals surface area contributed by atoms with E-state index in [-0.39, 0.29) is 23.1 Å². The van der Waals surface area contributed by atoms with Crippen LogP contribution in [-0.2, 0) is 9.53 Å². The summed E-state index contributed by atoms with van der Waals surface area (Å²) in [7, 11) is 1.66. The van der Waals surface area contributed by atoms with Crippen molar-refractivity contribution >= 4 is 27.7 Å². The Morgan fingerprint density at radius 2 is 2.09 bits per heavy atom. The number of rotatable bonds is 2. The summed E-state index contributed by atoms with van der Waals surface area (Å²) in [5.41, 5.74) is 0.499. The highest BCUT2D eigenvalue weighted by molar-refractivity contribution is 9.10. The fraction of sp³-hybridized carbons (Fsp3) is 0.529. The Hall–Kier alpha value is -1.40. The molecule has 6 heteroatoms. The number of ether oxygens (including phenoxy) is 1. The third-order valence-corrected chi connectivity index (χ3v) is 5.55. The molecule has 1 atom stereocenters. The van der Waals surface area contributed by atoms with E-state index >= 15 is 0 Å². The number of hydrogen-bond donors (Lipinski definition) is 1. The first kappa shape index (κ1) is 16.5. The highest BCUT2D eigenvalue weighted by Gasteiger charge is 2.51. The second kappa shape index (κ2) is 6.61. The molecule has 2 heterocycles. The third-order valence-electron chi connectivity index (χ3n) is 5.06. The van der Waals surface area contributed by atoms with Crippen LogP contribution in [0.3, 0.4) is 0 Å². The zero-order chi connectivity index (χ0) is 16.4. The van der Waals surface area contributed by atoms with E-state index in [0.29, 0.717) is 31.9 Å². The van der Waals surface area contributed by atoms with Crippen molar-refractivity contribution in [2.75, 3.05) is 33.4 Å². The van der Waals surface area contributed by atoms with Gasteiger partial charge in [-0.15, -0.1) is 0 Å². The van der Waals surface area contributed by atoms with Gasteiger partial charge in [0.1, 0.15) is 0 Å². The molecule has 0 saturated carbocycles. The molecular weight excluding hydrogens is 360 g/mol. The van der Waals surface area contributed by atoms with Gasteiger partial charge in [0, 0.05) is 48.8 Å². The standard InChI is InChI=1S/C17H21BrN2O3/c1-19-15(21)14-10-20(11-17(14)5-7-23-8-6-17)16(22)12-3-2-4-13(18)9-12/h2-4,9,14H,5-8,10-11H2,1H3,(H,19,21). The molecule has 0 aliphatic carbocycles. The summed E-state index contributed by atoms with van der Waals surface area (Å²) in [6.45, 7) is 2.42. The van der Waals surface area contributed by atoms with Crippen LogP contribution in [0.4, 0.5) is 0 Å². The van der Waals surface area contributed by atoms with Crippen molar-refractivity contribution in [1.82, 2.24) is 10.2 Å². The van der Waals surface area contributed by atoms with Crippen molar-refractivity contribution in [1.29, 1.82) is 0 Å². The Kier molecular flexibility index (Phi) is 4.73. The maximum Gasteiger partial charge on any atom is 0.253 e. The van der Waals surface area contributed by atoms with Crippen LogP contribution in [0.5, 0.6) is 0 Å². The van der Waals surface area contributed by atoms with Gasteiger partial charge in [0.25, 0.3) is 5.91 Å².